The van der Waals surface area contributed by atoms with Crippen molar-refractivity contribution >= 4 is 39.0 Å². The normalized spacial score (nSPS) is 18.3. The Balaban J connectivity index is 1.69. The maximum atomic E-state index is 9.92. The minimum atomic E-state index is -0.341. The van der Waals surface area contributed by atoms with Crippen LogP contribution in [0.15, 0.2) is 33.6 Å². The number of thioether (sulfide) groups is 1. The number of hydrogen-bond donors (Lipinski definition) is 1. The van der Waals surface area contributed by atoms with Gasteiger partial charge >= 0.3 is 0 Å². The molecule has 0 amide bonds. The number of nitrogens with zero attached hydrogens (tertiary/aromatic N) is 1. The summed E-state index contributed by atoms with van der Waals surface area (Å²) in [5, 5.41) is 11.0. The molecule has 0 spiro atoms. The highest BCUT2D eigenvalue weighted by atomic mass is 79.9. The van der Waals surface area contributed by atoms with Crippen molar-refractivity contribution in [2.45, 2.75) is 36.0 Å². The van der Waals surface area contributed by atoms with E-state index in [1.54, 1.807) is 23.1 Å². The van der Waals surface area contributed by atoms with Crippen LogP contribution < -0.4 is 0 Å². The van der Waals surface area contributed by atoms with Gasteiger partial charge in [-0.3, -0.25) is 0 Å². The Kier molecular flexibility index (Phi) is 4.27. The van der Waals surface area contributed by atoms with Gasteiger partial charge in [0, 0.05) is 14.2 Å². The molecule has 1 aliphatic carbocycles. The zero-order valence-electron chi connectivity index (χ0n) is 10.3. The average molecular weight is 356 g/mol. The van der Waals surface area contributed by atoms with Crippen molar-refractivity contribution in [1.29, 1.82) is 0 Å². The zero-order valence-corrected chi connectivity index (χ0v) is 13.5. The van der Waals surface area contributed by atoms with Crippen LogP contribution in [0.2, 0.25) is 0 Å². The van der Waals surface area contributed by atoms with Gasteiger partial charge in [-0.2, -0.15) is 0 Å². The fourth-order valence-corrected chi connectivity index (χ4v) is 4.50. The highest BCUT2D eigenvalue weighted by Gasteiger charge is 2.22. The van der Waals surface area contributed by atoms with Gasteiger partial charge in [0.05, 0.1) is 17.6 Å². The van der Waals surface area contributed by atoms with E-state index in [4.69, 9.17) is 0 Å². The van der Waals surface area contributed by atoms with Crippen LogP contribution in [0, 0.1) is 0 Å². The first-order chi connectivity index (χ1) is 9.22. The molecule has 0 saturated heterocycles. The summed E-state index contributed by atoms with van der Waals surface area (Å²) in [6.45, 7) is 0. The van der Waals surface area contributed by atoms with E-state index in [1.807, 2.05) is 0 Å². The molecule has 1 N–H and O–H groups in total. The van der Waals surface area contributed by atoms with Crippen LogP contribution in [0.3, 0.4) is 0 Å². The van der Waals surface area contributed by atoms with E-state index in [2.05, 4.69) is 45.2 Å². The molecule has 1 aliphatic rings. The molecule has 1 aromatic carbocycles. The summed E-state index contributed by atoms with van der Waals surface area (Å²) in [4.78, 5) is 7.13. The second-order valence-corrected chi connectivity index (χ2v) is 7.70. The predicted octanol–water partition coefficient (Wildman–Crippen LogP) is 4.57. The van der Waals surface area contributed by atoms with Gasteiger partial charge in [0.15, 0.2) is 0 Å². The largest absolute Gasteiger partial charge is 0.387 e. The Hall–Kier alpha value is -0.360. The summed E-state index contributed by atoms with van der Waals surface area (Å²) < 4.78 is 1.10. The molecule has 0 fully saturated rings. The first kappa shape index (κ1) is 13.6. The number of hydrogen-bond acceptors (Lipinski definition) is 4. The fraction of sp³-hybridized carbons (Fsp3) is 0.357. The van der Waals surface area contributed by atoms with Crippen molar-refractivity contribution in [3.05, 3.63) is 44.3 Å². The number of thiazole rings is 1. The van der Waals surface area contributed by atoms with Gasteiger partial charge < -0.3 is 5.11 Å². The molecule has 1 atom stereocenters. The van der Waals surface area contributed by atoms with Crippen LogP contribution >= 0.6 is 39.0 Å². The van der Waals surface area contributed by atoms with Crippen molar-refractivity contribution in [3.63, 3.8) is 0 Å². The molecule has 5 heteroatoms. The molecule has 2 aromatic rings. The Morgan fingerprint density at radius 3 is 2.89 bits per heavy atom. The molecule has 2 nitrogen and oxygen atoms in total. The fourth-order valence-electron chi connectivity index (χ4n) is 2.18. The molecule has 1 unspecified atom stereocenters. The number of aliphatic hydroxyl groups excluding tert-OH is 1. The predicted molar refractivity (Wildman–Crippen MR) is 83.7 cm³/mol. The SMILES string of the molecule is OC1CCCc2sc(CSc3ccc(Br)cc3)nc21. The summed E-state index contributed by atoms with van der Waals surface area (Å²) in [6.07, 6.45) is 2.67. The van der Waals surface area contributed by atoms with E-state index in [-0.39, 0.29) is 6.10 Å². The van der Waals surface area contributed by atoms with Gasteiger partial charge in [0.1, 0.15) is 5.01 Å². The lowest BCUT2D eigenvalue weighted by Gasteiger charge is -2.14. The van der Waals surface area contributed by atoms with E-state index in [0.29, 0.717) is 0 Å². The number of benzene rings is 1. The van der Waals surface area contributed by atoms with Crippen molar-refractivity contribution in [3.8, 4) is 0 Å². The van der Waals surface area contributed by atoms with E-state index >= 15 is 0 Å². The van der Waals surface area contributed by atoms with Crippen LogP contribution in [-0.2, 0) is 12.2 Å². The summed E-state index contributed by atoms with van der Waals surface area (Å²) in [6, 6.07) is 8.33. The number of aliphatic hydroxyl groups is 1. The molecular weight excluding hydrogens is 342 g/mol. The van der Waals surface area contributed by atoms with Crippen molar-refractivity contribution < 1.29 is 5.11 Å². The van der Waals surface area contributed by atoms with Crippen molar-refractivity contribution in [2.75, 3.05) is 0 Å². The lowest BCUT2D eigenvalue weighted by molar-refractivity contribution is 0.153. The third kappa shape index (κ3) is 3.21. The molecule has 1 aromatic heterocycles. The Morgan fingerprint density at radius 2 is 2.16 bits per heavy atom. The summed E-state index contributed by atoms with van der Waals surface area (Å²) in [5.74, 6) is 0.881. The van der Waals surface area contributed by atoms with Crippen LogP contribution in [0.5, 0.6) is 0 Å². The second kappa shape index (κ2) is 5.95. The van der Waals surface area contributed by atoms with Gasteiger partial charge in [-0.15, -0.1) is 23.1 Å². The lowest BCUT2D eigenvalue weighted by Crippen LogP contribution is -2.07. The monoisotopic (exact) mass is 355 g/mol. The highest BCUT2D eigenvalue weighted by Crippen LogP contribution is 2.35. The van der Waals surface area contributed by atoms with E-state index in [0.717, 1.165) is 40.2 Å². The Morgan fingerprint density at radius 1 is 1.37 bits per heavy atom. The maximum Gasteiger partial charge on any atom is 0.103 e. The van der Waals surface area contributed by atoms with Crippen molar-refractivity contribution in [2.24, 2.45) is 0 Å². The highest BCUT2D eigenvalue weighted by molar-refractivity contribution is 9.10. The first-order valence-electron chi connectivity index (χ1n) is 6.27. The van der Waals surface area contributed by atoms with Crippen LogP contribution in [0.4, 0.5) is 0 Å². The number of fused-ring (bicyclic) bond motifs is 1. The molecule has 1 heterocycles. The Bertz CT molecular complexity index is 567. The second-order valence-electron chi connectivity index (χ2n) is 4.57. The number of aryl methyl sites for hydroxylation is 1. The Labute approximate surface area is 129 Å². The summed E-state index contributed by atoms with van der Waals surface area (Å²) in [5.41, 5.74) is 0.933. The topological polar surface area (TPSA) is 33.1 Å². The number of aromatic nitrogens is 1. The quantitative estimate of drug-likeness (QED) is 0.818. The molecular formula is C14H14BrNOS2. The van der Waals surface area contributed by atoms with Crippen LogP contribution in [0.1, 0.15) is 34.5 Å². The molecule has 0 radical (unpaired) electrons. The molecule has 0 aliphatic heterocycles. The van der Waals surface area contributed by atoms with Crippen molar-refractivity contribution in [1.82, 2.24) is 4.98 Å². The summed E-state index contributed by atoms with van der Waals surface area (Å²) >= 11 is 6.99. The van der Waals surface area contributed by atoms with Gasteiger partial charge in [0.2, 0.25) is 0 Å². The van der Waals surface area contributed by atoms with Gasteiger partial charge in [0.25, 0.3) is 0 Å². The van der Waals surface area contributed by atoms with E-state index in [1.165, 1.54) is 9.77 Å². The number of rotatable bonds is 3. The standard InChI is InChI=1S/C14H14BrNOS2/c15-9-4-6-10(7-5-9)18-8-13-16-14-11(17)2-1-3-12(14)19-13/h4-7,11,17H,1-3,8H2. The van der Waals surface area contributed by atoms with Gasteiger partial charge in [-0.1, -0.05) is 15.9 Å². The van der Waals surface area contributed by atoms with E-state index in [9.17, 15) is 5.11 Å². The molecule has 0 saturated carbocycles. The first-order valence-corrected chi connectivity index (χ1v) is 8.87. The number of halogens is 1. The molecule has 3 rings (SSSR count). The third-order valence-corrected chi connectivity index (χ3v) is 6.01. The molecule has 19 heavy (non-hydrogen) atoms. The van der Waals surface area contributed by atoms with Gasteiger partial charge in [-0.25, -0.2) is 4.98 Å². The maximum absolute atomic E-state index is 9.92. The minimum Gasteiger partial charge on any atom is -0.387 e. The minimum absolute atomic E-state index is 0.341. The molecule has 0 bridgehead atoms. The van der Waals surface area contributed by atoms with Crippen LogP contribution in [-0.4, -0.2) is 10.1 Å². The van der Waals surface area contributed by atoms with Gasteiger partial charge in [-0.05, 0) is 43.5 Å². The van der Waals surface area contributed by atoms with E-state index < -0.39 is 0 Å². The smallest absolute Gasteiger partial charge is 0.103 e. The lowest BCUT2D eigenvalue weighted by atomic mass is 10.0. The zero-order chi connectivity index (χ0) is 13.2. The molecule has 100 valence electrons. The average Bonchev–Trinajstić information content (AvgIpc) is 2.83. The third-order valence-electron chi connectivity index (χ3n) is 3.14. The van der Waals surface area contributed by atoms with Crippen LogP contribution in [0.25, 0.3) is 0 Å². The summed E-state index contributed by atoms with van der Waals surface area (Å²) in [7, 11) is 0.